The standard InChI is InChI=1S/C13H14F2N4O4S/c1-7(9-4-3-8(14)5-10(9)15)16-12(20)18-13-17-11(19-23-13)6-24(2,21)22/h3-5,7H,6H2,1-2H3,(H2,16,17,18,19,20)/t7-/m1/s1. The third-order valence-corrected chi connectivity index (χ3v) is 3.64. The molecule has 8 nitrogen and oxygen atoms in total. The van der Waals surface area contributed by atoms with E-state index in [2.05, 4.69) is 25.3 Å². The van der Waals surface area contributed by atoms with E-state index in [1.807, 2.05) is 0 Å². The summed E-state index contributed by atoms with van der Waals surface area (Å²) in [7, 11) is -3.34. The van der Waals surface area contributed by atoms with Crippen LogP contribution in [-0.4, -0.2) is 30.8 Å². The zero-order valence-electron chi connectivity index (χ0n) is 12.7. The van der Waals surface area contributed by atoms with Gasteiger partial charge in [0, 0.05) is 17.9 Å². The highest BCUT2D eigenvalue weighted by molar-refractivity contribution is 7.89. The smallest absolute Gasteiger partial charge is 0.329 e. The average molecular weight is 360 g/mol. The second-order valence-corrected chi connectivity index (χ2v) is 7.21. The molecule has 0 saturated heterocycles. The lowest BCUT2D eigenvalue weighted by Gasteiger charge is -2.14. The lowest BCUT2D eigenvalue weighted by atomic mass is 10.1. The molecule has 0 aliphatic rings. The highest BCUT2D eigenvalue weighted by Crippen LogP contribution is 2.17. The van der Waals surface area contributed by atoms with Gasteiger partial charge in [-0.3, -0.25) is 5.32 Å². The summed E-state index contributed by atoms with van der Waals surface area (Å²) in [6.07, 6.45) is 1.00. The lowest BCUT2D eigenvalue weighted by Crippen LogP contribution is -2.31. The Morgan fingerprint density at radius 3 is 2.71 bits per heavy atom. The summed E-state index contributed by atoms with van der Waals surface area (Å²) in [6, 6.07) is 1.15. The number of halogens is 2. The number of urea groups is 1. The largest absolute Gasteiger partial charge is 0.331 e. The van der Waals surface area contributed by atoms with E-state index in [1.165, 1.54) is 13.0 Å². The topological polar surface area (TPSA) is 114 Å². The first-order valence-electron chi connectivity index (χ1n) is 6.67. The molecule has 1 aromatic carbocycles. The molecule has 0 fully saturated rings. The predicted octanol–water partition coefficient (Wildman–Crippen LogP) is 1.78. The molecule has 2 N–H and O–H groups in total. The molecule has 1 aromatic heterocycles. The highest BCUT2D eigenvalue weighted by Gasteiger charge is 2.17. The summed E-state index contributed by atoms with van der Waals surface area (Å²) < 4.78 is 53.4. The summed E-state index contributed by atoms with van der Waals surface area (Å²) >= 11 is 0. The van der Waals surface area contributed by atoms with Crippen LogP contribution in [0.15, 0.2) is 22.7 Å². The Balaban J connectivity index is 1.98. The van der Waals surface area contributed by atoms with Gasteiger partial charge in [0.2, 0.25) is 0 Å². The van der Waals surface area contributed by atoms with Crippen LogP contribution < -0.4 is 10.6 Å². The number of hydrogen-bond acceptors (Lipinski definition) is 6. The lowest BCUT2D eigenvalue weighted by molar-refractivity contribution is 0.248. The van der Waals surface area contributed by atoms with Crippen LogP contribution in [0.4, 0.5) is 19.6 Å². The quantitative estimate of drug-likeness (QED) is 0.840. The number of aromatic nitrogens is 2. The van der Waals surface area contributed by atoms with Crippen LogP contribution in [0.25, 0.3) is 0 Å². The minimum absolute atomic E-state index is 0.0924. The van der Waals surface area contributed by atoms with Crippen LogP contribution in [0, 0.1) is 11.6 Å². The predicted molar refractivity (Wildman–Crippen MR) is 79.8 cm³/mol. The van der Waals surface area contributed by atoms with Crippen molar-refractivity contribution in [1.82, 2.24) is 15.5 Å². The maximum Gasteiger partial charge on any atom is 0.329 e. The third kappa shape index (κ3) is 4.98. The van der Waals surface area contributed by atoms with Crippen molar-refractivity contribution >= 4 is 21.9 Å². The van der Waals surface area contributed by atoms with Gasteiger partial charge in [0.25, 0.3) is 0 Å². The summed E-state index contributed by atoms with van der Waals surface area (Å²) in [5.41, 5.74) is 0.0924. The SMILES string of the molecule is C[C@@H](NC(=O)Nc1nc(CS(C)(=O)=O)no1)c1ccc(F)cc1F. The number of rotatable bonds is 5. The van der Waals surface area contributed by atoms with E-state index >= 15 is 0 Å². The number of nitrogens with zero attached hydrogens (tertiary/aromatic N) is 2. The number of hydrogen-bond donors (Lipinski definition) is 2. The molecule has 2 aromatic rings. The van der Waals surface area contributed by atoms with Gasteiger partial charge in [-0.25, -0.2) is 22.0 Å². The van der Waals surface area contributed by atoms with Gasteiger partial charge in [-0.15, -0.1) is 0 Å². The van der Waals surface area contributed by atoms with Crippen LogP contribution in [-0.2, 0) is 15.6 Å². The first kappa shape index (κ1) is 17.8. The number of nitrogens with one attached hydrogen (secondary N) is 2. The fourth-order valence-electron chi connectivity index (χ4n) is 1.86. The zero-order chi connectivity index (χ0) is 17.9. The fourth-order valence-corrected chi connectivity index (χ4v) is 2.44. The van der Waals surface area contributed by atoms with Crippen molar-refractivity contribution in [2.75, 3.05) is 11.6 Å². The molecule has 11 heteroatoms. The van der Waals surface area contributed by atoms with Gasteiger partial charge in [0.15, 0.2) is 15.7 Å². The summed E-state index contributed by atoms with van der Waals surface area (Å²) in [5.74, 6) is -2.06. The van der Waals surface area contributed by atoms with Gasteiger partial charge in [0.05, 0.1) is 6.04 Å². The number of carbonyl (C=O) groups excluding carboxylic acids is 1. The summed E-state index contributed by atoms with van der Waals surface area (Å²) in [4.78, 5) is 15.5. The molecule has 0 radical (unpaired) electrons. The van der Waals surface area contributed by atoms with Crippen LogP contribution in [0.3, 0.4) is 0 Å². The van der Waals surface area contributed by atoms with Crippen LogP contribution in [0.1, 0.15) is 24.4 Å². The van der Waals surface area contributed by atoms with E-state index in [0.29, 0.717) is 6.07 Å². The number of amides is 2. The molecule has 0 aliphatic carbocycles. The monoisotopic (exact) mass is 360 g/mol. The van der Waals surface area contributed by atoms with E-state index in [0.717, 1.165) is 12.3 Å². The number of carbonyl (C=O) groups is 1. The van der Waals surface area contributed by atoms with Crippen LogP contribution >= 0.6 is 0 Å². The first-order valence-corrected chi connectivity index (χ1v) is 8.73. The second kappa shape index (κ2) is 6.91. The average Bonchev–Trinajstić information content (AvgIpc) is 2.82. The molecular formula is C13H14F2N4O4S. The fraction of sp³-hybridized carbons (Fsp3) is 0.308. The van der Waals surface area contributed by atoms with E-state index in [4.69, 9.17) is 0 Å². The normalized spacial score (nSPS) is 12.7. The van der Waals surface area contributed by atoms with E-state index in [-0.39, 0.29) is 17.4 Å². The van der Waals surface area contributed by atoms with Gasteiger partial charge in [-0.2, -0.15) is 4.98 Å². The number of anilines is 1. The van der Waals surface area contributed by atoms with E-state index < -0.39 is 39.3 Å². The molecule has 130 valence electrons. The van der Waals surface area contributed by atoms with Crippen molar-refractivity contribution < 1.29 is 26.5 Å². The number of benzene rings is 1. The molecule has 2 amide bonds. The van der Waals surface area contributed by atoms with Gasteiger partial charge in [-0.05, 0) is 13.0 Å². The minimum atomic E-state index is -3.34. The Morgan fingerprint density at radius 1 is 1.38 bits per heavy atom. The highest BCUT2D eigenvalue weighted by atomic mass is 32.2. The first-order chi connectivity index (χ1) is 11.1. The van der Waals surface area contributed by atoms with E-state index in [1.54, 1.807) is 0 Å². The molecule has 1 heterocycles. The maximum absolute atomic E-state index is 13.6. The molecule has 0 bridgehead atoms. The molecule has 0 unspecified atom stereocenters. The molecule has 0 saturated carbocycles. The molecule has 0 spiro atoms. The zero-order valence-corrected chi connectivity index (χ0v) is 13.5. The minimum Gasteiger partial charge on any atom is -0.331 e. The van der Waals surface area contributed by atoms with Crippen molar-refractivity contribution in [1.29, 1.82) is 0 Å². The molecule has 0 aliphatic heterocycles. The second-order valence-electron chi connectivity index (χ2n) is 5.07. The Morgan fingerprint density at radius 2 is 2.08 bits per heavy atom. The van der Waals surface area contributed by atoms with Crippen molar-refractivity contribution in [3.05, 3.63) is 41.2 Å². The molecular weight excluding hydrogens is 346 g/mol. The van der Waals surface area contributed by atoms with Crippen molar-refractivity contribution in [3.8, 4) is 0 Å². The summed E-state index contributed by atoms with van der Waals surface area (Å²) in [6.45, 7) is 1.50. The molecule has 2 rings (SSSR count). The molecule has 24 heavy (non-hydrogen) atoms. The number of sulfone groups is 1. The third-order valence-electron chi connectivity index (χ3n) is 2.86. The van der Waals surface area contributed by atoms with Gasteiger partial charge >= 0.3 is 12.0 Å². The maximum atomic E-state index is 13.6. The Hall–Kier alpha value is -2.56. The van der Waals surface area contributed by atoms with Crippen molar-refractivity contribution in [2.45, 2.75) is 18.7 Å². The van der Waals surface area contributed by atoms with Gasteiger partial charge in [-0.1, -0.05) is 11.2 Å². The van der Waals surface area contributed by atoms with E-state index in [9.17, 15) is 22.0 Å². The Kier molecular flexibility index (Phi) is 5.12. The Labute approximate surface area is 136 Å². The van der Waals surface area contributed by atoms with Crippen molar-refractivity contribution in [2.24, 2.45) is 0 Å². The van der Waals surface area contributed by atoms with Crippen LogP contribution in [0.5, 0.6) is 0 Å². The van der Waals surface area contributed by atoms with Gasteiger partial charge in [0.1, 0.15) is 17.4 Å². The van der Waals surface area contributed by atoms with Crippen LogP contribution in [0.2, 0.25) is 0 Å². The molecule has 1 atom stereocenters. The van der Waals surface area contributed by atoms with Crippen molar-refractivity contribution in [3.63, 3.8) is 0 Å². The summed E-state index contributed by atoms with van der Waals surface area (Å²) in [5, 5.41) is 8.01. The Bertz CT molecular complexity index is 853. The van der Waals surface area contributed by atoms with Gasteiger partial charge < -0.3 is 9.84 Å².